The monoisotopic (exact) mass is 300 g/mol. The predicted octanol–water partition coefficient (Wildman–Crippen LogP) is 2.50. The third-order valence-electron chi connectivity index (χ3n) is 2.38. The van der Waals surface area contributed by atoms with Crippen LogP contribution in [0.15, 0.2) is 22.7 Å². The number of ether oxygens (including phenoxy) is 1. The van der Waals surface area contributed by atoms with Gasteiger partial charge in [0.2, 0.25) is 0 Å². The van der Waals surface area contributed by atoms with E-state index in [1.165, 1.54) is 5.56 Å². The maximum atomic E-state index is 5.80. The van der Waals surface area contributed by atoms with Gasteiger partial charge in [0.05, 0.1) is 0 Å². The molecular weight excluding hydrogens is 280 g/mol. The van der Waals surface area contributed by atoms with Crippen molar-refractivity contribution in [2.75, 3.05) is 33.8 Å². The number of rotatable bonds is 7. The minimum Gasteiger partial charge on any atom is -0.492 e. The van der Waals surface area contributed by atoms with Gasteiger partial charge in [0.15, 0.2) is 0 Å². The third-order valence-corrected chi connectivity index (χ3v) is 2.88. The van der Waals surface area contributed by atoms with E-state index >= 15 is 0 Å². The molecule has 0 saturated heterocycles. The van der Waals surface area contributed by atoms with E-state index in [1.54, 1.807) is 0 Å². The second-order valence-corrected chi connectivity index (χ2v) is 5.10. The van der Waals surface area contributed by atoms with Crippen LogP contribution in [-0.2, 0) is 6.54 Å². The third kappa shape index (κ3) is 5.52. The van der Waals surface area contributed by atoms with E-state index in [0.717, 1.165) is 29.9 Å². The summed E-state index contributed by atoms with van der Waals surface area (Å²) < 4.78 is 6.89. The van der Waals surface area contributed by atoms with Gasteiger partial charge in [0, 0.05) is 23.1 Å². The van der Waals surface area contributed by atoms with Gasteiger partial charge in [-0.3, -0.25) is 0 Å². The van der Waals surface area contributed by atoms with Crippen molar-refractivity contribution >= 4 is 15.9 Å². The largest absolute Gasteiger partial charge is 0.492 e. The Morgan fingerprint density at radius 1 is 1.35 bits per heavy atom. The number of nitrogens with one attached hydrogen (secondary N) is 1. The van der Waals surface area contributed by atoms with Crippen molar-refractivity contribution in [3.63, 3.8) is 0 Å². The SMILES string of the molecule is CCNCc1cc(Br)ccc1OCCN(C)C. The van der Waals surface area contributed by atoms with Crippen molar-refractivity contribution in [3.8, 4) is 5.75 Å². The minimum atomic E-state index is 0.716. The number of hydrogen-bond donors (Lipinski definition) is 1. The average Bonchev–Trinajstić information content (AvgIpc) is 2.28. The van der Waals surface area contributed by atoms with E-state index < -0.39 is 0 Å². The molecule has 1 aromatic carbocycles. The molecule has 1 N–H and O–H groups in total. The molecule has 0 aromatic heterocycles. The van der Waals surface area contributed by atoms with Gasteiger partial charge in [-0.05, 0) is 38.8 Å². The van der Waals surface area contributed by atoms with Crippen molar-refractivity contribution in [3.05, 3.63) is 28.2 Å². The van der Waals surface area contributed by atoms with Crippen LogP contribution in [0.2, 0.25) is 0 Å². The molecule has 0 amide bonds. The molecule has 0 radical (unpaired) electrons. The molecule has 0 saturated carbocycles. The van der Waals surface area contributed by atoms with E-state index in [1.807, 2.05) is 26.2 Å². The molecule has 0 fully saturated rings. The molecule has 3 nitrogen and oxygen atoms in total. The predicted molar refractivity (Wildman–Crippen MR) is 75.6 cm³/mol. The lowest BCUT2D eigenvalue weighted by Gasteiger charge is -2.14. The lowest BCUT2D eigenvalue weighted by Crippen LogP contribution is -2.20. The molecule has 1 rings (SSSR count). The van der Waals surface area contributed by atoms with Gasteiger partial charge >= 0.3 is 0 Å². The maximum absolute atomic E-state index is 5.80. The zero-order chi connectivity index (χ0) is 12.7. The van der Waals surface area contributed by atoms with Crippen LogP contribution >= 0.6 is 15.9 Å². The van der Waals surface area contributed by atoms with Gasteiger partial charge in [0.1, 0.15) is 12.4 Å². The van der Waals surface area contributed by atoms with Gasteiger partial charge in [-0.2, -0.15) is 0 Å². The van der Waals surface area contributed by atoms with Crippen LogP contribution in [0, 0.1) is 0 Å². The van der Waals surface area contributed by atoms with Crippen LogP contribution in [0.5, 0.6) is 5.75 Å². The summed E-state index contributed by atoms with van der Waals surface area (Å²) >= 11 is 3.49. The highest BCUT2D eigenvalue weighted by atomic mass is 79.9. The Labute approximate surface area is 112 Å². The summed E-state index contributed by atoms with van der Waals surface area (Å²) in [6.45, 7) is 5.55. The molecule has 4 heteroatoms. The Morgan fingerprint density at radius 3 is 2.76 bits per heavy atom. The number of nitrogens with zero attached hydrogens (tertiary/aromatic N) is 1. The fraction of sp³-hybridized carbons (Fsp3) is 0.538. The van der Waals surface area contributed by atoms with Crippen LogP contribution in [-0.4, -0.2) is 38.7 Å². The highest BCUT2D eigenvalue weighted by Gasteiger charge is 2.04. The molecule has 0 atom stereocenters. The first-order valence-corrected chi connectivity index (χ1v) is 6.69. The fourth-order valence-corrected chi connectivity index (χ4v) is 1.83. The van der Waals surface area contributed by atoms with Crippen molar-refractivity contribution < 1.29 is 4.74 Å². The molecule has 1 aromatic rings. The van der Waals surface area contributed by atoms with E-state index in [9.17, 15) is 0 Å². The standard InChI is InChI=1S/C13H21BrN2O/c1-4-15-10-11-9-12(14)5-6-13(11)17-8-7-16(2)3/h5-6,9,15H,4,7-8,10H2,1-3H3. The zero-order valence-corrected chi connectivity index (χ0v) is 12.4. The summed E-state index contributed by atoms with van der Waals surface area (Å²) in [5.41, 5.74) is 1.19. The lowest BCUT2D eigenvalue weighted by molar-refractivity contribution is 0.259. The molecule has 0 bridgehead atoms. The number of benzene rings is 1. The summed E-state index contributed by atoms with van der Waals surface area (Å²) in [6.07, 6.45) is 0. The smallest absolute Gasteiger partial charge is 0.123 e. The van der Waals surface area contributed by atoms with E-state index in [2.05, 4.69) is 39.1 Å². The maximum Gasteiger partial charge on any atom is 0.123 e. The summed E-state index contributed by atoms with van der Waals surface area (Å²) in [6, 6.07) is 6.14. The number of hydrogen-bond acceptors (Lipinski definition) is 3. The molecule has 96 valence electrons. The second kappa shape index (κ2) is 7.69. The number of likely N-dealkylation sites (N-methyl/N-ethyl adjacent to an activating group) is 1. The summed E-state index contributed by atoms with van der Waals surface area (Å²) in [7, 11) is 4.09. The molecule has 0 spiro atoms. The summed E-state index contributed by atoms with van der Waals surface area (Å²) in [4.78, 5) is 2.11. The highest BCUT2D eigenvalue weighted by Crippen LogP contribution is 2.23. The van der Waals surface area contributed by atoms with Crippen LogP contribution < -0.4 is 10.1 Å². The van der Waals surface area contributed by atoms with Gasteiger partial charge in [-0.25, -0.2) is 0 Å². The van der Waals surface area contributed by atoms with E-state index in [0.29, 0.717) is 6.61 Å². The number of halogens is 1. The topological polar surface area (TPSA) is 24.5 Å². The van der Waals surface area contributed by atoms with Crippen molar-refractivity contribution in [2.45, 2.75) is 13.5 Å². The Morgan fingerprint density at radius 2 is 2.12 bits per heavy atom. The first-order chi connectivity index (χ1) is 8.13. The molecular formula is C13H21BrN2O. The van der Waals surface area contributed by atoms with Crippen molar-refractivity contribution in [1.29, 1.82) is 0 Å². The molecule has 0 heterocycles. The molecule has 0 unspecified atom stereocenters. The van der Waals surface area contributed by atoms with Crippen LogP contribution in [0.25, 0.3) is 0 Å². The van der Waals surface area contributed by atoms with Crippen LogP contribution in [0.1, 0.15) is 12.5 Å². The van der Waals surface area contributed by atoms with Gasteiger partial charge in [-0.1, -0.05) is 22.9 Å². The fourth-order valence-electron chi connectivity index (χ4n) is 1.42. The minimum absolute atomic E-state index is 0.716. The molecule has 17 heavy (non-hydrogen) atoms. The van der Waals surface area contributed by atoms with E-state index in [-0.39, 0.29) is 0 Å². The summed E-state index contributed by atoms with van der Waals surface area (Å²) in [5, 5.41) is 3.32. The van der Waals surface area contributed by atoms with E-state index in [4.69, 9.17) is 4.74 Å². The molecule has 0 aliphatic carbocycles. The molecule has 0 aliphatic heterocycles. The highest BCUT2D eigenvalue weighted by molar-refractivity contribution is 9.10. The Kier molecular flexibility index (Phi) is 6.55. The van der Waals surface area contributed by atoms with Crippen molar-refractivity contribution in [1.82, 2.24) is 10.2 Å². The average molecular weight is 301 g/mol. The van der Waals surface area contributed by atoms with Gasteiger partial charge < -0.3 is 15.0 Å². The first kappa shape index (κ1) is 14.5. The van der Waals surface area contributed by atoms with Crippen LogP contribution in [0.4, 0.5) is 0 Å². The first-order valence-electron chi connectivity index (χ1n) is 5.90. The molecule has 0 aliphatic rings. The van der Waals surface area contributed by atoms with Gasteiger partial charge in [-0.15, -0.1) is 0 Å². The van der Waals surface area contributed by atoms with Crippen molar-refractivity contribution in [2.24, 2.45) is 0 Å². The Bertz CT molecular complexity index is 342. The zero-order valence-electron chi connectivity index (χ0n) is 10.8. The van der Waals surface area contributed by atoms with Crippen LogP contribution in [0.3, 0.4) is 0 Å². The van der Waals surface area contributed by atoms with Gasteiger partial charge in [0.25, 0.3) is 0 Å². The normalized spacial score (nSPS) is 10.9. The quantitative estimate of drug-likeness (QED) is 0.837. The Balaban J connectivity index is 2.62. The summed E-state index contributed by atoms with van der Waals surface area (Å²) in [5.74, 6) is 0.969. The Hall–Kier alpha value is -0.580. The lowest BCUT2D eigenvalue weighted by atomic mass is 10.2. The second-order valence-electron chi connectivity index (χ2n) is 4.18.